The molecule has 2 aromatic rings. The highest BCUT2D eigenvalue weighted by atomic mass is 35.5. The summed E-state index contributed by atoms with van der Waals surface area (Å²) in [6, 6.07) is 4.31. The van der Waals surface area contributed by atoms with E-state index < -0.39 is 4.92 Å². The maximum absolute atomic E-state index is 10.7. The van der Waals surface area contributed by atoms with Gasteiger partial charge in [-0.2, -0.15) is 5.10 Å². The molecule has 8 heteroatoms. The fourth-order valence-electron chi connectivity index (χ4n) is 2.40. The molecule has 1 aliphatic heterocycles. The van der Waals surface area contributed by atoms with Crippen molar-refractivity contribution >= 4 is 28.7 Å². The lowest BCUT2D eigenvalue weighted by Crippen LogP contribution is -2.15. The third-order valence-electron chi connectivity index (χ3n) is 3.49. The molecule has 0 spiro atoms. The number of anilines is 2. The van der Waals surface area contributed by atoms with E-state index in [0.717, 1.165) is 31.7 Å². The van der Waals surface area contributed by atoms with Crippen LogP contribution in [-0.2, 0) is 11.3 Å². The number of benzene rings is 1. The molecule has 1 aromatic heterocycles. The maximum atomic E-state index is 10.7. The molecule has 1 atom stereocenters. The van der Waals surface area contributed by atoms with Gasteiger partial charge in [0.2, 0.25) is 0 Å². The largest absolute Gasteiger partial charge is 0.376 e. The molecule has 1 aromatic carbocycles. The van der Waals surface area contributed by atoms with Crippen molar-refractivity contribution < 1.29 is 9.66 Å². The van der Waals surface area contributed by atoms with Crippen LogP contribution in [0.3, 0.4) is 0 Å². The van der Waals surface area contributed by atoms with Crippen LogP contribution in [-0.4, -0.2) is 27.4 Å². The van der Waals surface area contributed by atoms with E-state index >= 15 is 0 Å². The van der Waals surface area contributed by atoms with Gasteiger partial charge in [0.1, 0.15) is 0 Å². The Balaban J connectivity index is 1.68. The minimum atomic E-state index is -0.477. The highest BCUT2D eigenvalue weighted by Crippen LogP contribution is 2.29. The zero-order valence-corrected chi connectivity index (χ0v) is 12.5. The first-order chi connectivity index (χ1) is 10.6. The Morgan fingerprint density at radius 1 is 1.55 bits per heavy atom. The molecule has 0 amide bonds. The van der Waals surface area contributed by atoms with Crippen molar-refractivity contribution in [1.29, 1.82) is 0 Å². The molecule has 22 heavy (non-hydrogen) atoms. The topological polar surface area (TPSA) is 82.2 Å². The molecule has 116 valence electrons. The van der Waals surface area contributed by atoms with Crippen molar-refractivity contribution in [2.75, 3.05) is 11.9 Å². The van der Waals surface area contributed by atoms with Gasteiger partial charge in [0.15, 0.2) is 0 Å². The van der Waals surface area contributed by atoms with Gasteiger partial charge in [-0.25, -0.2) is 0 Å². The van der Waals surface area contributed by atoms with Crippen LogP contribution in [0, 0.1) is 10.1 Å². The molecule has 0 saturated carbocycles. The summed E-state index contributed by atoms with van der Waals surface area (Å²) >= 11 is 6.05. The molecule has 7 nitrogen and oxygen atoms in total. The van der Waals surface area contributed by atoms with E-state index in [1.54, 1.807) is 12.3 Å². The zero-order valence-electron chi connectivity index (χ0n) is 11.7. The van der Waals surface area contributed by atoms with Gasteiger partial charge in [-0.05, 0) is 18.9 Å². The average Bonchev–Trinajstić information content (AvgIpc) is 3.13. The highest BCUT2D eigenvalue weighted by molar-refractivity contribution is 6.33. The first-order valence-corrected chi connectivity index (χ1v) is 7.34. The van der Waals surface area contributed by atoms with Crippen molar-refractivity contribution in [3.05, 3.63) is 45.7 Å². The van der Waals surface area contributed by atoms with Crippen molar-refractivity contribution in [3.63, 3.8) is 0 Å². The molecule has 0 aliphatic carbocycles. The third kappa shape index (κ3) is 3.37. The van der Waals surface area contributed by atoms with Crippen LogP contribution in [0.1, 0.15) is 12.8 Å². The van der Waals surface area contributed by atoms with Crippen molar-refractivity contribution in [3.8, 4) is 0 Å². The van der Waals surface area contributed by atoms with Gasteiger partial charge in [0, 0.05) is 24.9 Å². The number of nitrogens with zero attached hydrogens (tertiary/aromatic N) is 3. The summed E-state index contributed by atoms with van der Waals surface area (Å²) in [7, 11) is 0. The molecule has 3 rings (SSSR count). The number of nitrogens with one attached hydrogen (secondary N) is 1. The van der Waals surface area contributed by atoms with E-state index in [2.05, 4.69) is 10.4 Å². The Morgan fingerprint density at radius 2 is 2.41 bits per heavy atom. The first-order valence-electron chi connectivity index (χ1n) is 6.97. The molecule has 0 bridgehead atoms. The number of hydrogen-bond donors (Lipinski definition) is 1. The van der Waals surface area contributed by atoms with Crippen LogP contribution in [0.2, 0.25) is 5.02 Å². The number of hydrogen-bond acceptors (Lipinski definition) is 5. The molecular formula is C14H15ClN4O3. The third-order valence-corrected chi connectivity index (χ3v) is 3.80. The summed E-state index contributed by atoms with van der Waals surface area (Å²) in [5.74, 6) is 0. The van der Waals surface area contributed by atoms with E-state index in [1.165, 1.54) is 12.1 Å². The fraction of sp³-hybridized carbons (Fsp3) is 0.357. The number of nitro groups is 1. The number of rotatable bonds is 5. The minimum Gasteiger partial charge on any atom is -0.376 e. The summed E-state index contributed by atoms with van der Waals surface area (Å²) in [6.45, 7) is 1.53. The van der Waals surface area contributed by atoms with Crippen molar-refractivity contribution in [2.45, 2.75) is 25.5 Å². The van der Waals surface area contributed by atoms with Crippen LogP contribution >= 0.6 is 11.6 Å². The minimum absolute atomic E-state index is 0.0374. The predicted octanol–water partition coefficient (Wildman–Crippen LogP) is 3.37. The molecule has 1 saturated heterocycles. The Morgan fingerprint density at radius 3 is 3.09 bits per heavy atom. The van der Waals surface area contributed by atoms with Gasteiger partial charge in [-0.15, -0.1) is 0 Å². The number of non-ortho nitro benzene ring substituents is 1. The number of ether oxygens (including phenoxy) is 1. The fourth-order valence-corrected chi connectivity index (χ4v) is 2.62. The summed E-state index contributed by atoms with van der Waals surface area (Å²) in [6.07, 6.45) is 5.91. The van der Waals surface area contributed by atoms with Crippen molar-refractivity contribution in [1.82, 2.24) is 9.78 Å². The molecule has 1 aliphatic rings. The summed E-state index contributed by atoms with van der Waals surface area (Å²) < 4.78 is 7.39. The number of halogens is 1. The maximum Gasteiger partial charge on any atom is 0.271 e. The van der Waals surface area contributed by atoms with E-state index in [1.807, 2.05) is 10.9 Å². The Hall–Kier alpha value is -2.12. The average molecular weight is 323 g/mol. The Kier molecular flexibility index (Phi) is 4.26. The van der Waals surface area contributed by atoms with Crippen LogP contribution in [0.15, 0.2) is 30.6 Å². The Labute approximate surface area is 132 Å². The van der Waals surface area contributed by atoms with Crippen LogP contribution in [0.4, 0.5) is 17.1 Å². The van der Waals surface area contributed by atoms with Crippen molar-refractivity contribution in [2.24, 2.45) is 0 Å². The molecule has 0 radical (unpaired) electrons. The van der Waals surface area contributed by atoms with Gasteiger partial charge in [0.25, 0.3) is 5.69 Å². The normalized spacial score (nSPS) is 17.6. The number of aromatic nitrogens is 2. The van der Waals surface area contributed by atoms with Gasteiger partial charge in [-0.1, -0.05) is 11.6 Å². The lowest BCUT2D eigenvalue weighted by atomic mass is 10.2. The van der Waals surface area contributed by atoms with E-state index in [-0.39, 0.29) is 11.8 Å². The van der Waals surface area contributed by atoms with Crippen LogP contribution in [0.5, 0.6) is 0 Å². The summed E-state index contributed by atoms with van der Waals surface area (Å²) in [4.78, 5) is 10.2. The molecule has 2 heterocycles. The lowest BCUT2D eigenvalue weighted by molar-refractivity contribution is -0.384. The second-order valence-corrected chi connectivity index (χ2v) is 5.54. The quantitative estimate of drug-likeness (QED) is 0.674. The van der Waals surface area contributed by atoms with E-state index in [0.29, 0.717) is 10.7 Å². The Bertz CT molecular complexity index is 682. The number of nitro benzene ring substituents is 1. The van der Waals surface area contributed by atoms with E-state index in [4.69, 9.17) is 16.3 Å². The van der Waals surface area contributed by atoms with Gasteiger partial charge in [0.05, 0.1) is 40.2 Å². The lowest BCUT2D eigenvalue weighted by Gasteiger charge is -2.08. The van der Waals surface area contributed by atoms with E-state index in [9.17, 15) is 10.1 Å². The summed E-state index contributed by atoms with van der Waals surface area (Å²) in [5.41, 5.74) is 1.34. The van der Waals surface area contributed by atoms with Gasteiger partial charge >= 0.3 is 0 Å². The second-order valence-electron chi connectivity index (χ2n) is 5.13. The molecule has 1 N–H and O–H groups in total. The monoisotopic (exact) mass is 322 g/mol. The van der Waals surface area contributed by atoms with Gasteiger partial charge < -0.3 is 10.1 Å². The highest BCUT2D eigenvalue weighted by Gasteiger charge is 2.16. The molecule has 1 unspecified atom stereocenters. The van der Waals surface area contributed by atoms with Crippen LogP contribution < -0.4 is 5.32 Å². The molecule has 1 fully saturated rings. The smallest absolute Gasteiger partial charge is 0.271 e. The SMILES string of the molecule is O=[N+]([O-])c1ccc(Nc2cnn(CC3CCCO3)c2)c(Cl)c1. The van der Waals surface area contributed by atoms with Gasteiger partial charge in [-0.3, -0.25) is 14.8 Å². The standard InChI is InChI=1S/C14H15ClN4O3/c15-13-6-11(19(20)21)3-4-14(13)17-10-7-16-18(8-10)9-12-2-1-5-22-12/h3-4,6-8,12,17H,1-2,5,9H2. The zero-order chi connectivity index (χ0) is 15.5. The van der Waals surface area contributed by atoms with Crippen LogP contribution in [0.25, 0.3) is 0 Å². The second kappa shape index (κ2) is 6.33. The summed E-state index contributed by atoms with van der Waals surface area (Å²) in [5, 5.41) is 18.4. The first kappa shape index (κ1) is 14.8. The predicted molar refractivity (Wildman–Crippen MR) is 82.6 cm³/mol. The molecular weight excluding hydrogens is 308 g/mol.